The standard InChI is InChI=1S/C15H30OSi/c1-9-13-11(2)10-14(12(13)3)16-17(7,8)15(4,5)6/h11,13-14H,3,9-10H2,1-2,4-8H3/t11-,13+,14+/m0/s1. The summed E-state index contributed by atoms with van der Waals surface area (Å²) in [5, 5.41) is 0.292. The van der Waals surface area contributed by atoms with E-state index in [1.165, 1.54) is 18.4 Å². The molecule has 0 aromatic heterocycles. The van der Waals surface area contributed by atoms with Crippen molar-refractivity contribution in [1.29, 1.82) is 0 Å². The number of hydrogen-bond acceptors (Lipinski definition) is 1. The van der Waals surface area contributed by atoms with Crippen LogP contribution in [-0.4, -0.2) is 14.4 Å². The van der Waals surface area contributed by atoms with Crippen LogP contribution in [-0.2, 0) is 4.43 Å². The van der Waals surface area contributed by atoms with E-state index in [1.807, 2.05) is 0 Å². The molecule has 0 bridgehead atoms. The van der Waals surface area contributed by atoms with Gasteiger partial charge < -0.3 is 4.43 Å². The van der Waals surface area contributed by atoms with E-state index in [9.17, 15) is 0 Å². The Labute approximate surface area is 109 Å². The third-order valence-electron chi connectivity index (χ3n) is 4.85. The third-order valence-corrected chi connectivity index (χ3v) is 9.33. The van der Waals surface area contributed by atoms with Gasteiger partial charge in [-0.25, -0.2) is 0 Å². The minimum atomic E-state index is -1.64. The van der Waals surface area contributed by atoms with E-state index in [1.54, 1.807) is 0 Å². The van der Waals surface area contributed by atoms with E-state index in [2.05, 4.69) is 54.3 Å². The maximum absolute atomic E-state index is 6.52. The van der Waals surface area contributed by atoms with Crippen LogP contribution in [0.1, 0.15) is 47.5 Å². The minimum Gasteiger partial charge on any atom is -0.410 e. The van der Waals surface area contributed by atoms with Gasteiger partial charge in [-0.05, 0) is 48.4 Å². The van der Waals surface area contributed by atoms with Crippen molar-refractivity contribution in [2.75, 3.05) is 0 Å². The first-order valence-corrected chi connectivity index (χ1v) is 9.87. The Kier molecular flexibility index (Phi) is 4.31. The summed E-state index contributed by atoms with van der Waals surface area (Å²) in [6.07, 6.45) is 2.69. The highest BCUT2D eigenvalue weighted by Crippen LogP contribution is 2.44. The van der Waals surface area contributed by atoms with E-state index in [0.29, 0.717) is 17.1 Å². The highest BCUT2D eigenvalue weighted by Gasteiger charge is 2.43. The lowest BCUT2D eigenvalue weighted by Gasteiger charge is -2.38. The molecule has 1 aliphatic rings. The lowest BCUT2D eigenvalue weighted by Crippen LogP contribution is -2.43. The summed E-state index contributed by atoms with van der Waals surface area (Å²) in [6, 6.07) is 0. The Balaban J connectivity index is 2.75. The van der Waals surface area contributed by atoms with Crippen LogP contribution in [0.25, 0.3) is 0 Å². The van der Waals surface area contributed by atoms with E-state index in [-0.39, 0.29) is 0 Å². The van der Waals surface area contributed by atoms with Crippen LogP contribution in [0.15, 0.2) is 12.2 Å². The van der Waals surface area contributed by atoms with Gasteiger partial charge in [-0.1, -0.05) is 41.2 Å². The normalized spacial score (nSPS) is 31.0. The van der Waals surface area contributed by atoms with Crippen LogP contribution in [0.3, 0.4) is 0 Å². The summed E-state index contributed by atoms with van der Waals surface area (Å²) in [7, 11) is -1.64. The largest absolute Gasteiger partial charge is 0.410 e. The molecule has 0 spiro atoms. The first-order valence-electron chi connectivity index (χ1n) is 6.96. The van der Waals surface area contributed by atoms with Gasteiger partial charge in [-0.2, -0.15) is 0 Å². The molecule has 0 aliphatic heterocycles. The number of hydrogen-bond donors (Lipinski definition) is 0. The molecule has 0 N–H and O–H groups in total. The van der Waals surface area contributed by atoms with Gasteiger partial charge in [0.05, 0.1) is 6.10 Å². The predicted molar refractivity (Wildman–Crippen MR) is 78.8 cm³/mol. The van der Waals surface area contributed by atoms with Gasteiger partial charge in [0.25, 0.3) is 0 Å². The molecular weight excluding hydrogens is 224 g/mol. The molecule has 0 heterocycles. The molecule has 17 heavy (non-hydrogen) atoms. The summed E-state index contributed by atoms with van der Waals surface area (Å²) in [5.41, 5.74) is 1.35. The Morgan fingerprint density at radius 2 is 1.88 bits per heavy atom. The predicted octanol–water partition coefficient (Wildman–Crippen LogP) is 5.00. The topological polar surface area (TPSA) is 9.23 Å². The monoisotopic (exact) mass is 254 g/mol. The van der Waals surface area contributed by atoms with Crippen LogP contribution in [0.5, 0.6) is 0 Å². The first-order chi connectivity index (χ1) is 7.60. The van der Waals surface area contributed by atoms with Gasteiger partial charge >= 0.3 is 0 Å². The highest BCUT2D eigenvalue weighted by molar-refractivity contribution is 6.74. The zero-order valence-corrected chi connectivity index (χ0v) is 13.8. The average Bonchev–Trinajstić information content (AvgIpc) is 2.39. The van der Waals surface area contributed by atoms with E-state index < -0.39 is 8.32 Å². The maximum atomic E-state index is 6.52. The zero-order chi connectivity index (χ0) is 13.4. The second-order valence-electron chi connectivity index (χ2n) is 7.17. The fourth-order valence-corrected chi connectivity index (χ4v) is 3.89. The van der Waals surface area contributed by atoms with Gasteiger partial charge in [0, 0.05) is 0 Å². The molecule has 0 saturated heterocycles. The fraction of sp³-hybridized carbons (Fsp3) is 0.867. The third kappa shape index (κ3) is 3.03. The molecule has 0 radical (unpaired) electrons. The molecule has 2 heteroatoms. The summed E-state index contributed by atoms with van der Waals surface area (Å²) in [6.45, 7) is 20.5. The molecular formula is C15H30OSi. The summed E-state index contributed by atoms with van der Waals surface area (Å²) >= 11 is 0. The SMILES string of the molecule is C=C1[C@H](O[Si](C)(C)C(C)(C)C)C[C@H](C)[C@H]1CC. The Bertz CT molecular complexity index is 288. The van der Waals surface area contributed by atoms with Gasteiger partial charge in [-0.3, -0.25) is 0 Å². The highest BCUT2D eigenvalue weighted by atomic mass is 28.4. The second kappa shape index (κ2) is 4.89. The van der Waals surface area contributed by atoms with E-state index in [4.69, 9.17) is 4.43 Å². The van der Waals surface area contributed by atoms with Crippen molar-refractivity contribution in [3.63, 3.8) is 0 Å². The maximum Gasteiger partial charge on any atom is 0.192 e. The molecule has 1 nitrogen and oxygen atoms in total. The van der Waals surface area contributed by atoms with Crippen LogP contribution in [0.2, 0.25) is 18.1 Å². The molecule has 1 rings (SSSR count). The van der Waals surface area contributed by atoms with Gasteiger partial charge in [0.2, 0.25) is 0 Å². The summed E-state index contributed by atoms with van der Waals surface area (Å²) in [5.74, 6) is 1.41. The zero-order valence-electron chi connectivity index (χ0n) is 12.8. The smallest absolute Gasteiger partial charge is 0.192 e. The van der Waals surface area contributed by atoms with Gasteiger partial charge in [0.15, 0.2) is 8.32 Å². The Hall–Kier alpha value is -0.0831. The van der Waals surface area contributed by atoms with Gasteiger partial charge in [0.1, 0.15) is 0 Å². The summed E-state index contributed by atoms with van der Waals surface area (Å²) < 4.78 is 6.52. The molecule has 0 amide bonds. The molecule has 0 aromatic rings. The van der Waals surface area contributed by atoms with Crippen molar-refractivity contribution in [1.82, 2.24) is 0 Å². The van der Waals surface area contributed by atoms with Crippen LogP contribution < -0.4 is 0 Å². The fourth-order valence-electron chi connectivity index (χ4n) is 2.58. The van der Waals surface area contributed by atoms with Crippen LogP contribution >= 0.6 is 0 Å². The Morgan fingerprint density at radius 3 is 2.24 bits per heavy atom. The van der Waals surface area contributed by atoms with Crippen LogP contribution in [0, 0.1) is 11.8 Å². The number of rotatable bonds is 3. The van der Waals surface area contributed by atoms with E-state index >= 15 is 0 Å². The van der Waals surface area contributed by atoms with Crippen molar-refractivity contribution in [3.05, 3.63) is 12.2 Å². The van der Waals surface area contributed by atoms with Crippen molar-refractivity contribution in [2.45, 2.75) is 71.7 Å². The molecule has 3 atom stereocenters. The Morgan fingerprint density at radius 1 is 1.35 bits per heavy atom. The molecule has 1 aliphatic carbocycles. The van der Waals surface area contributed by atoms with Crippen molar-refractivity contribution in [3.8, 4) is 0 Å². The second-order valence-corrected chi connectivity index (χ2v) is 11.9. The lowest BCUT2D eigenvalue weighted by atomic mass is 9.93. The summed E-state index contributed by atoms with van der Waals surface area (Å²) in [4.78, 5) is 0. The molecule has 1 saturated carbocycles. The van der Waals surface area contributed by atoms with E-state index in [0.717, 1.165) is 5.92 Å². The quantitative estimate of drug-likeness (QED) is 0.509. The van der Waals surface area contributed by atoms with Gasteiger partial charge in [-0.15, -0.1) is 0 Å². The molecule has 0 aromatic carbocycles. The van der Waals surface area contributed by atoms with Crippen LogP contribution in [0.4, 0.5) is 0 Å². The first kappa shape index (κ1) is 15.0. The molecule has 0 unspecified atom stereocenters. The molecule has 100 valence electrons. The lowest BCUT2D eigenvalue weighted by molar-refractivity contribution is 0.213. The van der Waals surface area contributed by atoms with Crippen molar-refractivity contribution < 1.29 is 4.43 Å². The van der Waals surface area contributed by atoms with Crippen molar-refractivity contribution in [2.24, 2.45) is 11.8 Å². The van der Waals surface area contributed by atoms with Crippen molar-refractivity contribution >= 4 is 8.32 Å². The minimum absolute atomic E-state index is 0.292. The molecule has 1 fully saturated rings. The average molecular weight is 254 g/mol.